The van der Waals surface area contributed by atoms with E-state index in [-0.39, 0.29) is 11.4 Å². The van der Waals surface area contributed by atoms with Crippen molar-refractivity contribution in [3.05, 3.63) is 42.5 Å². The van der Waals surface area contributed by atoms with Crippen LogP contribution in [0.25, 0.3) is 0 Å². The maximum Gasteiger partial charge on any atom is 0.243 e. The molecule has 0 fully saturated rings. The summed E-state index contributed by atoms with van der Waals surface area (Å²) in [4.78, 5) is 12.3. The van der Waals surface area contributed by atoms with E-state index in [1.165, 1.54) is 19.2 Å². The molecule has 1 aliphatic rings. The molecule has 0 saturated heterocycles. The molecule has 0 aromatic heterocycles. The maximum atomic E-state index is 12.8. The Hall–Kier alpha value is -2.78. The second-order valence-corrected chi connectivity index (χ2v) is 8.12. The van der Waals surface area contributed by atoms with Crippen molar-refractivity contribution in [3.63, 3.8) is 0 Å². The van der Waals surface area contributed by atoms with Gasteiger partial charge in [-0.2, -0.15) is 4.31 Å². The van der Waals surface area contributed by atoms with Crippen molar-refractivity contribution in [1.29, 1.82) is 0 Å². The highest BCUT2D eigenvalue weighted by Crippen LogP contribution is 2.32. The van der Waals surface area contributed by atoms with Gasteiger partial charge in [0.05, 0.1) is 18.0 Å². The third-order valence-electron chi connectivity index (χ3n) is 4.04. The first kappa shape index (κ1) is 20.0. The summed E-state index contributed by atoms with van der Waals surface area (Å²) in [5.74, 6) is 1.12. The van der Waals surface area contributed by atoms with Gasteiger partial charge < -0.3 is 19.5 Å². The number of nitrogens with one attached hydrogen (secondary N) is 1. The fourth-order valence-corrected chi connectivity index (χ4v) is 3.80. The van der Waals surface area contributed by atoms with Gasteiger partial charge in [0.1, 0.15) is 19.0 Å². The summed E-state index contributed by atoms with van der Waals surface area (Å²) in [6.07, 6.45) is 0. The molecule has 3 rings (SSSR count). The Morgan fingerprint density at radius 3 is 2.46 bits per heavy atom. The molecule has 0 unspecified atom stereocenters. The van der Waals surface area contributed by atoms with Gasteiger partial charge in [-0.15, -0.1) is 0 Å². The summed E-state index contributed by atoms with van der Waals surface area (Å²) in [5.41, 5.74) is 0.554. The van der Waals surface area contributed by atoms with Crippen molar-refractivity contribution in [1.82, 2.24) is 4.31 Å². The van der Waals surface area contributed by atoms with Crippen molar-refractivity contribution < 1.29 is 27.4 Å². The predicted octanol–water partition coefficient (Wildman–Crippen LogP) is 2.12. The highest BCUT2D eigenvalue weighted by molar-refractivity contribution is 7.89. The first-order chi connectivity index (χ1) is 13.4. The molecular formula is C19H22N2O6S. The van der Waals surface area contributed by atoms with Crippen LogP contribution >= 0.6 is 0 Å². The topological polar surface area (TPSA) is 94.2 Å². The fraction of sp³-hybridized carbons (Fsp3) is 0.316. The number of hydrogen-bond acceptors (Lipinski definition) is 6. The Balaban J connectivity index is 1.65. The Kier molecular flexibility index (Phi) is 6.05. The first-order valence-corrected chi connectivity index (χ1v) is 10.2. The number of fused-ring (bicyclic) bond motifs is 1. The maximum absolute atomic E-state index is 12.8. The molecular weight excluding hydrogens is 384 g/mol. The van der Waals surface area contributed by atoms with Crippen molar-refractivity contribution >= 4 is 21.6 Å². The minimum atomic E-state index is -3.86. The molecule has 2 aromatic rings. The molecule has 0 saturated carbocycles. The monoisotopic (exact) mass is 406 g/mol. The quantitative estimate of drug-likeness (QED) is 0.757. The molecule has 0 radical (unpaired) electrons. The summed E-state index contributed by atoms with van der Waals surface area (Å²) in [7, 11) is -2.51. The lowest BCUT2D eigenvalue weighted by Crippen LogP contribution is -2.35. The Bertz CT molecular complexity index is 943. The lowest BCUT2D eigenvalue weighted by Gasteiger charge is -2.21. The number of sulfonamides is 1. The second kappa shape index (κ2) is 8.49. The Morgan fingerprint density at radius 2 is 1.79 bits per heavy atom. The normalized spacial score (nSPS) is 13.2. The lowest BCUT2D eigenvalue weighted by atomic mass is 10.3. The summed E-state index contributed by atoms with van der Waals surface area (Å²) in [5, 5.41) is 2.67. The number of amides is 1. The Labute approximate surface area is 164 Å². The van der Waals surface area contributed by atoms with Crippen molar-refractivity contribution in [3.8, 4) is 17.2 Å². The molecule has 1 aliphatic heterocycles. The van der Waals surface area contributed by atoms with Crippen molar-refractivity contribution in [2.75, 3.05) is 38.7 Å². The summed E-state index contributed by atoms with van der Waals surface area (Å²) in [6, 6.07) is 11.2. The van der Waals surface area contributed by atoms with Gasteiger partial charge in [-0.25, -0.2) is 8.42 Å². The number of hydrogen-bond donors (Lipinski definition) is 1. The van der Waals surface area contributed by atoms with Crippen LogP contribution in [0.3, 0.4) is 0 Å². The second-order valence-electron chi connectivity index (χ2n) is 6.07. The molecule has 0 bridgehead atoms. The van der Waals surface area contributed by atoms with E-state index < -0.39 is 15.9 Å². The van der Waals surface area contributed by atoms with Crippen LogP contribution in [0.4, 0.5) is 5.69 Å². The number of anilines is 1. The van der Waals surface area contributed by atoms with E-state index >= 15 is 0 Å². The molecule has 0 spiro atoms. The zero-order chi connectivity index (χ0) is 20.1. The fourth-order valence-electron chi connectivity index (χ4n) is 2.65. The third-order valence-corrected chi connectivity index (χ3v) is 5.84. The van der Waals surface area contributed by atoms with Gasteiger partial charge in [0.15, 0.2) is 11.5 Å². The van der Waals surface area contributed by atoms with Crippen LogP contribution in [0.2, 0.25) is 0 Å². The smallest absolute Gasteiger partial charge is 0.243 e. The molecule has 1 heterocycles. The van der Waals surface area contributed by atoms with Gasteiger partial charge >= 0.3 is 0 Å². The number of likely N-dealkylation sites (N-methyl/N-ethyl adjacent to an activating group) is 1. The molecule has 1 N–H and O–H groups in total. The summed E-state index contributed by atoms with van der Waals surface area (Å²) >= 11 is 0. The molecule has 1 amide bonds. The summed E-state index contributed by atoms with van der Waals surface area (Å²) < 4.78 is 42.7. The van der Waals surface area contributed by atoms with Gasteiger partial charge in [-0.05, 0) is 43.3 Å². The lowest BCUT2D eigenvalue weighted by molar-refractivity contribution is -0.116. The zero-order valence-electron chi connectivity index (χ0n) is 15.7. The minimum absolute atomic E-state index is 0.0353. The van der Waals surface area contributed by atoms with Crippen LogP contribution < -0.4 is 19.5 Å². The van der Waals surface area contributed by atoms with Gasteiger partial charge in [0, 0.05) is 18.8 Å². The SMILES string of the molecule is CCOc1ccc(NC(=O)CN(C)S(=O)(=O)c2ccc3c(c2)OCCO3)cc1. The van der Waals surface area contributed by atoms with Crippen LogP contribution in [-0.2, 0) is 14.8 Å². The van der Waals surface area contributed by atoms with E-state index in [1.807, 2.05) is 6.92 Å². The van der Waals surface area contributed by atoms with E-state index in [1.54, 1.807) is 30.3 Å². The van der Waals surface area contributed by atoms with Crippen LogP contribution in [0.1, 0.15) is 6.92 Å². The third kappa shape index (κ3) is 4.55. The van der Waals surface area contributed by atoms with Crippen LogP contribution in [0, 0.1) is 0 Å². The van der Waals surface area contributed by atoms with E-state index in [0.29, 0.717) is 42.8 Å². The highest BCUT2D eigenvalue weighted by atomic mass is 32.2. The van der Waals surface area contributed by atoms with Crippen molar-refractivity contribution in [2.24, 2.45) is 0 Å². The largest absolute Gasteiger partial charge is 0.494 e. The zero-order valence-corrected chi connectivity index (χ0v) is 16.5. The molecule has 28 heavy (non-hydrogen) atoms. The van der Waals surface area contributed by atoms with E-state index in [0.717, 1.165) is 4.31 Å². The average molecular weight is 406 g/mol. The average Bonchev–Trinajstić information content (AvgIpc) is 2.69. The number of rotatable bonds is 7. The molecule has 0 aliphatic carbocycles. The van der Waals surface area contributed by atoms with E-state index in [4.69, 9.17) is 14.2 Å². The predicted molar refractivity (Wildman–Crippen MR) is 103 cm³/mol. The number of carbonyl (C=O) groups excluding carboxylic acids is 1. The van der Waals surface area contributed by atoms with Crippen LogP contribution in [0.15, 0.2) is 47.4 Å². The molecule has 9 heteroatoms. The molecule has 8 nitrogen and oxygen atoms in total. The van der Waals surface area contributed by atoms with Gasteiger partial charge in [0.2, 0.25) is 15.9 Å². The molecule has 2 aromatic carbocycles. The number of carbonyl (C=O) groups is 1. The first-order valence-electron chi connectivity index (χ1n) is 8.79. The highest BCUT2D eigenvalue weighted by Gasteiger charge is 2.25. The van der Waals surface area contributed by atoms with Gasteiger partial charge in [0.25, 0.3) is 0 Å². The van der Waals surface area contributed by atoms with Crippen LogP contribution in [-0.4, -0.2) is 52.0 Å². The van der Waals surface area contributed by atoms with Gasteiger partial charge in [-0.1, -0.05) is 0 Å². The van der Waals surface area contributed by atoms with E-state index in [2.05, 4.69) is 5.32 Å². The molecule has 150 valence electrons. The van der Waals surface area contributed by atoms with Crippen LogP contribution in [0.5, 0.6) is 17.2 Å². The minimum Gasteiger partial charge on any atom is -0.494 e. The number of benzene rings is 2. The summed E-state index contributed by atoms with van der Waals surface area (Å²) in [6.45, 7) is 2.88. The van der Waals surface area contributed by atoms with Gasteiger partial charge in [-0.3, -0.25) is 4.79 Å². The standard InChI is InChI=1S/C19H22N2O6S/c1-3-25-15-6-4-14(5-7-15)20-19(22)13-21(2)28(23,24)16-8-9-17-18(12-16)27-11-10-26-17/h4-9,12H,3,10-11,13H2,1-2H3,(H,20,22). The van der Waals surface area contributed by atoms with Crippen molar-refractivity contribution in [2.45, 2.75) is 11.8 Å². The number of nitrogens with zero attached hydrogens (tertiary/aromatic N) is 1. The molecule has 0 atom stereocenters. The number of ether oxygens (including phenoxy) is 3. The van der Waals surface area contributed by atoms with E-state index in [9.17, 15) is 13.2 Å². The Morgan fingerprint density at radius 1 is 1.11 bits per heavy atom.